The number of amides is 1. The largest absolute Gasteiger partial charge is 0.442 e. The number of hydrogen-bond acceptors (Lipinski definition) is 5. The van der Waals surface area contributed by atoms with Gasteiger partial charge in [-0.2, -0.15) is 5.26 Å². The Hall–Kier alpha value is -2.88. The summed E-state index contributed by atoms with van der Waals surface area (Å²) in [6.45, 7) is 0.966. The van der Waals surface area contributed by atoms with Gasteiger partial charge < -0.3 is 4.74 Å². The van der Waals surface area contributed by atoms with Crippen LogP contribution in [0.3, 0.4) is 0 Å². The number of benzene rings is 1. The van der Waals surface area contributed by atoms with Crippen LogP contribution in [-0.2, 0) is 16.7 Å². The van der Waals surface area contributed by atoms with Crippen molar-refractivity contribution in [3.8, 4) is 6.07 Å². The van der Waals surface area contributed by atoms with Crippen LogP contribution in [0.1, 0.15) is 24.8 Å². The first-order chi connectivity index (χ1) is 12.7. The van der Waals surface area contributed by atoms with Crippen molar-refractivity contribution in [1.29, 1.82) is 5.26 Å². The van der Waals surface area contributed by atoms with Gasteiger partial charge in [-0.25, -0.2) is 9.48 Å². The Kier molecular flexibility index (Phi) is 3.29. The van der Waals surface area contributed by atoms with Crippen molar-refractivity contribution in [1.82, 2.24) is 15.0 Å². The number of nitriles is 1. The van der Waals surface area contributed by atoms with Gasteiger partial charge in [0.25, 0.3) is 0 Å². The van der Waals surface area contributed by atoms with Gasteiger partial charge in [-0.05, 0) is 42.4 Å². The standard InChI is InChI=1S/C19H19N5O2/c20-12-19(16-2-1-3-17(16)19)13-4-6-14(7-5-13)24-11-15(26-18(24)25)10-23-9-8-21-22-23/h4-9,15-17H,1-3,10-11H2/t15-,16-,17+,19?/m0/s1. The Morgan fingerprint density at radius 2 is 2.04 bits per heavy atom. The van der Waals surface area contributed by atoms with E-state index in [2.05, 4.69) is 16.4 Å². The Bertz CT molecular complexity index is 860. The van der Waals surface area contributed by atoms with E-state index in [0.29, 0.717) is 24.9 Å². The molecule has 3 aliphatic rings. The predicted molar refractivity (Wildman–Crippen MR) is 92.2 cm³/mol. The van der Waals surface area contributed by atoms with Gasteiger partial charge in [-0.3, -0.25) is 4.90 Å². The number of fused-ring (bicyclic) bond motifs is 1. The normalized spacial score (nSPS) is 32.2. The molecule has 3 fully saturated rings. The molecule has 2 saturated carbocycles. The molecule has 2 heterocycles. The Morgan fingerprint density at radius 1 is 1.27 bits per heavy atom. The van der Waals surface area contributed by atoms with Crippen molar-refractivity contribution in [2.24, 2.45) is 11.8 Å². The van der Waals surface area contributed by atoms with Crippen LogP contribution in [0.4, 0.5) is 10.5 Å². The lowest BCUT2D eigenvalue weighted by Gasteiger charge is -2.16. The molecule has 2 aromatic rings. The first-order valence-electron chi connectivity index (χ1n) is 9.06. The highest BCUT2D eigenvalue weighted by Crippen LogP contribution is 2.67. The number of cyclic esters (lactones) is 1. The summed E-state index contributed by atoms with van der Waals surface area (Å²) in [4.78, 5) is 13.9. The van der Waals surface area contributed by atoms with E-state index in [0.717, 1.165) is 24.1 Å². The Morgan fingerprint density at radius 3 is 2.69 bits per heavy atom. The number of carbonyl (C=O) groups is 1. The molecule has 1 amide bonds. The van der Waals surface area contributed by atoms with Crippen LogP contribution in [-0.4, -0.2) is 33.7 Å². The number of hydrogen-bond donors (Lipinski definition) is 0. The zero-order valence-corrected chi connectivity index (χ0v) is 14.3. The van der Waals surface area contributed by atoms with E-state index < -0.39 is 0 Å². The van der Waals surface area contributed by atoms with Crippen molar-refractivity contribution >= 4 is 11.8 Å². The number of ether oxygens (including phenoxy) is 1. The van der Waals surface area contributed by atoms with Gasteiger partial charge >= 0.3 is 6.09 Å². The van der Waals surface area contributed by atoms with Gasteiger partial charge in [0.15, 0.2) is 0 Å². The maximum absolute atomic E-state index is 12.2. The van der Waals surface area contributed by atoms with Crippen molar-refractivity contribution < 1.29 is 9.53 Å². The number of rotatable bonds is 4. The second-order valence-corrected chi connectivity index (χ2v) is 7.41. The predicted octanol–water partition coefficient (Wildman–Crippen LogP) is 2.49. The third-order valence-corrected chi connectivity index (χ3v) is 6.15. The van der Waals surface area contributed by atoms with E-state index in [1.807, 2.05) is 24.3 Å². The minimum atomic E-state index is -0.346. The second-order valence-electron chi connectivity index (χ2n) is 7.41. The van der Waals surface area contributed by atoms with Gasteiger partial charge in [0.2, 0.25) is 0 Å². The van der Waals surface area contributed by atoms with Crippen LogP contribution in [0.5, 0.6) is 0 Å². The number of aromatic nitrogens is 3. The number of carbonyl (C=O) groups excluding carboxylic acids is 1. The molecule has 4 atom stereocenters. The lowest BCUT2D eigenvalue weighted by Crippen LogP contribution is -2.26. The van der Waals surface area contributed by atoms with E-state index in [-0.39, 0.29) is 17.6 Å². The summed E-state index contributed by atoms with van der Waals surface area (Å²) < 4.78 is 7.10. The van der Waals surface area contributed by atoms with Gasteiger partial charge in [0.05, 0.1) is 30.8 Å². The minimum absolute atomic E-state index is 0.253. The first-order valence-corrected chi connectivity index (χ1v) is 9.06. The van der Waals surface area contributed by atoms with Crippen molar-refractivity contribution in [3.63, 3.8) is 0 Å². The number of anilines is 1. The summed E-state index contributed by atoms with van der Waals surface area (Å²) in [7, 11) is 0. The molecule has 0 spiro atoms. The third kappa shape index (κ3) is 2.15. The SMILES string of the molecule is N#CC1(c2ccc(N3C[C@H](Cn4ccnn4)OC3=O)cc2)[C@@H]2CCC[C@@H]21. The van der Waals surface area contributed by atoms with Crippen molar-refractivity contribution in [2.75, 3.05) is 11.4 Å². The summed E-state index contributed by atoms with van der Waals surface area (Å²) in [5, 5.41) is 17.4. The minimum Gasteiger partial charge on any atom is -0.442 e. The Labute approximate surface area is 151 Å². The van der Waals surface area contributed by atoms with Crippen LogP contribution in [0, 0.1) is 23.2 Å². The van der Waals surface area contributed by atoms with E-state index in [4.69, 9.17) is 4.74 Å². The summed E-state index contributed by atoms with van der Waals surface area (Å²) in [5.41, 5.74) is 1.60. The third-order valence-electron chi connectivity index (χ3n) is 6.15. The van der Waals surface area contributed by atoms with E-state index in [9.17, 15) is 10.1 Å². The molecule has 0 N–H and O–H groups in total. The zero-order chi connectivity index (χ0) is 17.7. The topological polar surface area (TPSA) is 84.0 Å². The molecule has 26 heavy (non-hydrogen) atoms. The van der Waals surface area contributed by atoms with Crippen LogP contribution in [0.25, 0.3) is 0 Å². The lowest BCUT2D eigenvalue weighted by molar-refractivity contribution is 0.129. The molecule has 1 saturated heterocycles. The van der Waals surface area contributed by atoms with E-state index in [1.165, 1.54) is 6.42 Å². The average Bonchev–Trinajstić information content (AvgIpc) is 3.19. The molecular formula is C19H19N5O2. The smallest absolute Gasteiger partial charge is 0.414 e. The van der Waals surface area contributed by atoms with Crippen LogP contribution in [0.2, 0.25) is 0 Å². The molecule has 132 valence electrons. The quantitative estimate of drug-likeness (QED) is 0.847. The van der Waals surface area contributed by atoms with Gasteiger partial charge in [0.1, 0.15) is 6.10 Å². The van der Waals surface area contributed by atoms with Gasteiger partial charge in [-0.15, -0.1) is 5.10 Å². The van der Waals surface area contributed by atoms with Crippen molar-refractivity contribution in [3.05, 3.63) is 42.2 Å². The zero-order valence-electron chi connectivity index (χ0n) is 14.3. The van der Waals surface area contributed by atoms with E-state index >= 15 is 0 Å². The molecule has 1 aromatic carbocycles. The molecule has 1 unspecified atom stereocenters. The molecule has 2 aliphatic carbocycles. The molecular weight excluding hydrogens is 330 g/mol. The summed E-state index contributed by atoms with van der Waals surface area (Å²) in [6, 6.07) is 10.5. The lowest BCUT2D eigenvalue weighted by atomic mass is 9.89. The molecule has 0 bridgehead atoms. The fourth-order valence-corrected chi connectivity index (χ4v) is 4.90. The molecule has 1 aromatic heterocycles. The molecule has 7 nitrogen and oxygen atoms in total. The summed E-state index contributed by atoms with van der Waals surface area (Å²) in [5.74, 6) is 1.03. The van der Waals surface area contributed by atoms with Crippen LogP contribution >= 0.6 is 0 Å². The average molecular weight is 349 g/mol. The summed E-state index contributed by atoms with van der Waals surface area (Å²) in [6.07, 6.45) is 6.30. The highest BCUT2D eigenvalue weighted by atomic mass is 16.6. The summed E-state index contributed by atoms with van der Waals surface area (Å²) >= 11 is 0. The van der Waals surface area contributed by atoms with Crippen molar-refractivity contribution in [2.45, 2.75) is 37.3 Å². The van der Waals surface area contributed by atoms with Crippen LogP contribution in [0.15, 0.2) is 36.7 Å². The molecule has 0 radical (unpaired) electrons. The monoisotopic (exact) mass is 349 g/mol. The fraction of sp³-hybridized carbons (Fsp3) is 0.474. The molecule has 1 aliphatic heterocycles. The van der Waals surface area contributed by atoms with Gasteiger partial charge in [0, 0.05) is 11.9 Å². The first kappa shape index (κ1) is 15.4. The van der Waals surface area contributed by atoms with Gasteiger partial charge in [-0.1, -0.05) is 23.8 Å². The highest BCUT2D eigenvalue weighted by Gasteiger charge is 2.67. The van der Waals surface area contributed by atoms with E-state index in [1.54, 1.807) is 22.0 Å². The Balaban J connectivity index is 1.32. The maximum Gasteiger partial charge on any atom is 0.414 e. The van der Waals surface area contributed by atoms with Crippen LogP contribution < -0.4 is 4.90 Å². The number of nitrogens with zero attached hydrogens (tertiary/aromatic N) is 5. The molecule has 7 heteroatoms. The maximum atomic E-state index is 12.2. The molecule has 5 rings (SSSR count). The highest BCUT2D eigenvalue weighted by molar-refractivity contribution is 5.89. The second kappa shape index (κ2) is 5.56. The fourth-order valence-electron chi connectivity index (χ4n) is 4.90.